The standard InChI is InChI=1S/C21H15ClN4O2S3/c22-14-7-5-13(6-8-14)20-23-24-21(28-20)31-12-19(27)26-16(18-4-2-10-30-18)11-15(25-26)17-3-1-9-29-17/h1-10,16H,11-12H2. The van der Waals surface area contributed by atoms with Crippen molar-refractivity contribution in [2.45, 2.75) is 17.7 Å². The minimum atomic E-state index is -0.0961. The van der Waals surface area contributed by atoms with Crippen molar-refractivity contribution in [3.05, 3.63) is 74.1 Å². The van der Waals surface area contributed by atoms with Crippen LogP contribution in [0.3, 0.4) is 0 Å². The van der Waals surface area contributed by atoms with Crippen molar-refractivity contribution < 1.29 is 9.21 Å². The smallest absolute Gasteiger partial charge is 0.277 e. The van der Waals surface area contributed by atoms with Gasteiger partial charge in [-0.1, -0.05) is 35.5 Å². The molecule has 0 spiro atoms. The second-order valence-electron chi connectivity index (χ2n) is 6.67. The van der Waals surface area contributed by atoms with E-state index in [-0.39, 0.29) is 17.7 Å². The van der Waals surface area contributed by atoms with Gasteiger partial charge in [-0.05, 0) is 47.2 Å². The molecule has 0 saturated carbocycles. The fourth-order valence-electron chi connectivity index (χ4n) is 3.20. The molecule has 1 aliphatic heterocycles. The largest absolute Gasteiger partial charge is 0.411 e. The quantitative estimate of drug-likeness (QED) is 0.313. The highest BCUT2D eigenvalue weighted by atomic mass is 35.5. The third kappa shape index (κ3) is 4.45. The first-order valence-corrected chi connectivity index (χ1v) is 12.5. The lowest BCUT2D eigenvalue weighted by atomic mass is 10.1. The monoisotopic (exact) mass is 486 g/mol. The lowest BCUT2D eigenvalue weighted by Crippen LogP contribution is -2.28. The molecule has 1 atom stereocenters. The van der Waals surface area contributed by atoms with Crippen LogP contribution in [0.4, 0.5) is 0 Å². The summed E-state index contributed by atoms with van der Waals surface area (Å²) in [5.74, 6) is 0.453. The van der Waals surface area contributed by atoms with Gasteiger partial charge >= 0.3 is 0 Å². The van der Waals surface area contributed by atoms with Gasteiger partial charge in [0.2, 0.25) is 5.89 Å². The van der Waals surface area contributed by atoms with E-state index in [1.165, 1.54) is 11.8 Å². The number of carbonyl (C=O) groups excluding carboxylic acids is 1. The van der Waals surface area contributed by atoms with E-state index in [0.717, 1.165) is 21.0 Å². The Kier molecular flexibility index (Phi) is 5.91. The summed E-state index contributed by atoms with van der Waals surface area (Å²) in [5.41, 5.74) is 1.71. The topological polar surface area (TPSA) is 71.6 Å². The summed E-state index contributed by atoms with van der Waals surface area (Å²) in [6.07, 6.45) is 0.707. The number of hydrogen-bond donors (Lipinski definition) is 0. The summed E-state index contributed by atoms with van der Waals surface area (Å²) in [5, 5.41) is 19.4. The molecule has 0 N–H and O–H groups in total. The number of thioether (sulfide) groups is 1. The van der Waals surface area contributed by atoms with Gasteiger partial charge in [-0.3, -0.25) is 4.79 Å². The van der Waals surface area contributed by atoms with Crippen LogP contribution >= 0.6 is 46.0 Å². The molecule has 6 nitrogen and oxygen atoms in total. The molecule has 4 heterocycles. The number of carbonyl (C=O) groups is 1. The number of amides is 1. The van der Waals surface area contributed by atoms with E-state index in [1.54, 1.807) is 39.8 Å². The molecule has 1 aliphatic rings. The maximum Gasteiger partial charge on any atom is 0.277 e. The molecule has 0 bridgehead atoms. The zero-order valence-electron chi connectivity index (χ0n) is 16.0. The van der Waals surface area contributed by atoms with Crippen molar-refractivity contribution in [2.24, 2.45) is 5.10 Å². The van der Waals surface area contributed by atoms with Gasteiger partial charge in [0.05, 0.1) is 22.4 Å². The highest BCUT2D eigenvalue weighted by molar-refractivity contribution is 7.99. The molecule has 10 heteroatoms. The Bertz CT molecular complexity index is 1200. The summed E-state index contributed by atoms with van der Waals surface area (Å²) >= 11 is 10.4. The van der Waals surface area contributed by atoms with Gasteiger partial charge in [0, 0.05) is 21.9 Å². The Labute approximate surface area is 195 Å². The molecule has 3 aromatic heterocycles. The molecule has 1 aromatic carbocycles. The Morgan fingerprint density at radius 3 is 2.68 bits per heavy atom. The van der Waals surface area contributed by atoms with Gasteiger partial charge in [0.25, 0.3) is 11.1 Å². The van der Waals surface area contributed by atoms with E-state index in [2.05, 4.69) is 15.3 Å². The normalized spacial score (nSPS) is 16.0. The first-order chi connectivity index (χ1) is 15.2. The number of benzene rings is 1. The summed E-state index contributed by atoms with van der Waals surface area (Å²) in [4.78, 5) is 15.3. The van der Waals surface area contributed by atoms with Crippen LogP contribution in [0.5, 0.6) is 0 Å². The van der Waals surface area contributed by atoms with Gasteiger partial charge in [-0.25, -0.2) is 5.01 Å². The molecule has 1 unspecified atom stereocenters. The first-order valence-electron chi connectivity index (χ1n) is 9.36. The Balaban J connectivity index is 1.30. The number of rotatable bonds is 6. The summed E-state index contributed by atoms with van der Waals surface area (Å²) in [7, 11) is 0. The van der Waals surface area contributed by atoms with Gasteiger partial charge < -0.3 is 4.42 Å². The molecule has 4 aromatic rings. The number of nitrogens with zero attached hydrogens (tertiary/aromatic N) is 4. The average molecular weight is 487 g/mol. The second kappa shape index (κ2) is 8.96. The number of hydrazone groups is 1. The van der Waals surface area contributed by atoms with E-state index in [1.807, 2.05) is 47.2 Å². The van der Waals surface area contributed by atoms with Gasteiger partial charge in [0.1, 0.15) is 0 Å². The second-order valence-corrected chi connectivity index (χ2v) is 9.96. The molecular weight excluding hydrogens is 472 g/mol. The molecule has 156 valence electrons. The van der Waals surface area contributed by atoms with Gasteiger partial charge in [0.15, 0.2) is 0 Å². The Morgan fingerprint density at radius 1 is 1.13 bits per heavy atom. The van der Waals surface area contributed by atoms with Crippen molar-refractivity contribution in [1.29, 1.82) is 0 Å². The number of thiophene rings is 2. The highest BCUT2D eigenvalue weighted by Crippen LogP contribution is 2.36. The number of halogens is 1. The molecule has 0 saturated heterocycles. The molecule has 31 heavy (non-hydrogen) atoms. The van der Waals surface area contributed by atoms with E-state index in [4.69, 9.17) is 16.0 Å². The summed E-state index contributed by atoms with van der Waals surface area (Å²) in [6, 6.07) is 15.1. The first kappa shape index (κ1) is 20.4. The van der Waals surface area contributed by atoms with Crippen molar-refractivity contribution >= 4 is 57.7 Å². The van der Waals surface area contributed by atoms with Gasteiger partial charge in [-0.2, -0.15) is 5.10 Å². The lowest BCUT2D eigenvalue weighted by molar-refractivity contribution is -0.130. The lowest BCUT2D eigenvalue weighted by Gasteiger charge is -2.20. The molecule has 0 radical (unpaired) electrons. The van der Waals surface area contributed by atoms with Crippen LogP contribution in [0.15, 0.2) is 74.0 Å². The molecular formula is C21H15ClN4O2S3. The van der Waals surface area contributed by atoms with Crippen LogP contribution in [0, 0.1) is 0 Å². The van der Waals surface area contributed by atoms with Crippen LogP contribution in [0.25, 0.3) is 11.5 Å². The fraction of sp³-hybridized carbons (Fsp3) is 0.143. The summed E-state index contributed by atoms with van der Waals surface area (Å²) in [6.45, 7) is 0. The maximum absolute atomic E-state index is 13.1. The van der Waals surface area contributed by atoms with E-state index >= 15 is 0 Å². The average Bonchev–Trinajstić information content (AvgIpc) is 3.58. The molecule has 1 amide bonds. The van der Waals surface area contributed by atoms with E-state index < -0.39 is 0 Å². The number of hydrogen-bond acceptors (Lipinski definition) is 8. The Hall–Kier alpha value is -2.46. The predicted molar refractivity (Wildman–Crippen MR) is 125 cm³/mol. The van der Waals surface area contributed by atoms with Crippen LogP contribution in [0.1, 0.15) is 22.2 Å². The molecule has 5 rings (SSSR count). The number of aromatic nitrogens is 2. The zero-order valence-corrected chi connectivity index (χ0v) is 19.2. The van der Waals surface area contributed by atoms with E-state index in [0.29, 0.717) is 22.6 Å². The zero-order chi connectivity index (χ0) is 21.2. The summed E-state index contributed by atoms with van der Waals surface area (Å²) < 4.78 is 5.70. The third-order valence-electron chi connectivity index (χ3n) is 4.66. The minimum absolute atomic E-state index is 0.0856. The van der Waals surface area contributed by atoms with Crippen molar-refractivity contribution in [3.63, 3.8) is 0 Å². The van der Waals surface area contributed by atoms with Crippen molar-refractivity contribution in [1.82, 2.24) is 15.2 Å². The third-order valence-corrected chi connectivity index (χ3v) is 7.61. The highest BCUT2D eigenvalue weighted by Gasteiger charge is 2.34. The van der Waals surface area contributed by atoms with Crippen LogP contribution in [-0.4, -0.2) is 32.6 Å². The van der Waals surface area contributed by atoms with Crippen LogP contribution < -0.4 is 0 Å². The van der Waals surface area contributed by atoms with Crippen LogP contribution in [0.2, 0.25) is 5.02 Å². The van der Waals surface area contributed by atoms with E-state index in [9.17, 15) is 4.79 Å². The fourth-order valence-corrected chi connectivity index (χ4v) is 5.48. The molecule has 0 aliphatic carbocycles. The van der Waals surface area contributed by atoms with Crippen LogP contribution in [-0.2, 0) is 4.79 Å². The molecule has 0 fully saturated rings. The van der Waals surface area contributed by atoms with Crippen molar-refractivity contribution in [3.8, 4) is 11.5 Å². The Morgan fingerprint density at radius 2 is 1.94 bits per heavy atom. The predicted octanol–water partition coefficient (Wildman–Crippen LogP) is 5.98. The van der Waals surface area contributed by atoms with Crippen molar-refractivity contribution in [2.75, 3.05) is 5.75 Å². The van der Waals surface area contributed by atoms with Gasteiger partial charge in [-0.15, -0.1) is 32.9 Å². The SMILES string of the molecule is O=C(CSc1nnc(-c2ccc(Cl)cc2)o1)N1N=C(c2cccs2)CC1c1cccs1. The minimum Gasteiger partial charge on any atom is -0.411 e. The maximum atomic E-state index is 13.1.